The molecule has 9 heteroatoms. The van der Waals surface area contributed by atoms with Gasteiger partial charge in [0.15, 0.2) is 5.65 Å². The van der Waals surface area contributed by atoms with Gasteiger partial charge in [0.25, 0.3) is 0 Å². The van der Waals surface area contributed by atoms with Crippen molar-refractivity contribution in [2.45, 2.75) is 13.5 Å². The van der Waals surface area contributed by atoms with Gasteiger partial charge in [-0.15, -0.1) is 0 Å². The maximum absolute atomic E-state index is 11.4. The van der Waals surface area contributed by atoms with Crippen molar-refractivity contribution in [3.8, 4) is 0 Å². The number of fused-ring (bicyclic) bond motifs is 1. The molecule has 156 valence electrons. The highest BCUT2D eigenvalue weighted by Crippen LogP contribution is 2.25. The first kappa shape index (κ1) is 20.8. The van der Waals surface area contributed by atoms with Gasteiger partial charge in [0.05, 0.1) is 11.9 Å². The number of anilines is 2. The molecule has 7 nitrogen and oxygen atoms in total. The first-order valence-corrected chi connectivity index (χ1v) is 10.5. The first-order valence-electron chi connectivity index (χ1n) is 9.77. The van der Waals surface area contributed by atoms with Crippen LogP contribution in [0.3, 0.4) is 0 Å². The maximum atomic E-state index is 11.4. The Morgan fingerprint density at radius 1 is 1.13 bits per heavy atom. The van der Waals surface area contributed by atoms with Gasteiger partial charge in [-0.25, -0.2) is 4.98 Å². The fourth-order valence-electron chi connectivity index (χ4n) is 3.49. The lowest BCUT2D eigenvalue weighted by Gasteiger charge is -2.34. The number of benzene rings is 1. The molecule has 3 aromatic rings. The molecule has 0 radical (unpaired) electrons. The molecule has 0 saturated carbocycles. The van der Waals surface area contributed by atoms with Crippen molar-refractivity contribution >= 4 is 51.8 Å². The zero-order chi connectivity index (χ0) is 21.1. The van der Waals surface area contributed by atoms with Crippen LogP contribution < -0.4 is 10.2 Å². The zero-order valence-corrected chi connectivity index (χ0v) is 18.1. The summed E-state index contributed by atoms with van der Waals surface area (Å²) in [6.07, 6.45) is 1.73. The van der Waals surface area contributed by atoms with E-state index >= 15 is 0 Å². The Labute approximate surface area is 185 Å². The van der Waals surface area contributed by atoms with Gasteiger partial charge in [-0.1, -0.05) is 29.3 Å². The van der Waals surface area contributed by atoms with E-state index in [2.05, 4.69) is 25.1 Å². The topological polar surface area (TPSA) is 74.2 Å². The molecule has 0 atom stereocenters. The number of nitrogens with one attached hydrogen (secondary N) is 1. The molecule has 4 rings (SSSR count). The van der Waals surface area contributed by atoms with Crippen LogP contribution in [0.4, 0.5) is 11.8 Å². The number of nitrogens with zero attached hydrogens (tertiary/aromatic N) is 5. The van der Waals surface area contributed by atoms with Crippen LogP contribution in [0.25, 0.3) is 11.0 Å². The SMILES string of the molecule is CC(=O)CN1CCN(c2nc(NCc3ccc(Cl)cc3Cl)c3cccnc3n2)CC1. The second-order valence-corrected chi connectivity index (χ2v) is 8.14. The molecular weight excluding hydrogens is 423 g/mol. The molecule has 3 heterocycles. The van der Waals surface area contributed by atoms with Crippen molar-refractivity contribution in [1.29, 1.82) is 0 Å². The van der Waals surface area contributed by atoms with E-state index in [-0.39, 0.29) is 5.78 Å². The van der Waals surface area contributed by atoms with E-state index in [0.29, 0.717) is 40.5 Å². The number of halogens is 2. The van der Waals surface area contributed by atoms with E-state index in [4.69, 9.17) is 28.2 Å². The minimum Gasteiger partial charge on any atom is -0.365 e. The molecule has 30 heavy (non-hydrogen) atoms. The maximum Gasteiger partial charge on any atom is 0.229 e. The van der Waals surface area contributed by atoms with E-state index in [1.807, 2.05) is 24.3 Å². The normalized spacial score (nSPS) is 14.8. The largest absolute Gasteiger partial charge is 0.365 e. The lowest BCUT2D eigenvalue weighted by molar-refractivity contribution is -0.118. The number of aromatic nitrogens is 3. The Morgan fingerprint density at radius 3 is 2.67 bits per heavy atom. The molecule has 0 unspecified atom stereocenters. The summed E-state index contributed by atoms with van der Waals surface area (Å²) in [5, 5.41) is 5.44. The summed E-state index contributed by atoms with van der Waals surface area (Å²) in [6, 6.07) is 9.26. The zero-order valence-electron chi connectivity index (χ0n) is 16.6. The van der Waals surface area contributed by atoms with E-state index in [1.54, 1.807) is 19.2 Å². The summed E-state index contributed by atoms with van der Waals surface area (Å²) in [5.74, 6) is 1.52. The quantitative estimate of drug-likeness (QED) is 0.621. The van der Waals surface area contributed by atoms with Crippen molar-refractivity contribution in [1.82, 2.24) is 19.9 Å². The van der Waals surface area contributed by atoms with Crippen molar-refractivity contribution in [2.24, 2.45) is 0 Å². The molecule has 1 saturated heterocycles. The van der Waals surface area contributed by atoms with Gasteiger partial charge in [-0.05, 0) is 36.8 Å². The Balaban J connectivity index is 1.56. The van der Waals surface area contributed by atoms with Crippen molar-refractivity contribution in [3.63, 3.8) is 0 Å². The number of piperazine rings is 1. The highest BCUT2D eigenvalue weighted by Gasteiger charge is 2.21. The smallest absolute Gasteiger partial charge is 0.229 e. The van der Waals surface area contributed by atoms with Crippen LogP contribution in [0.2, 0.25) is 10.0 Å². The number of carbonyl (C=O) groups excluding carboxylic acids is 1. The second-order valence-electron chi connectivity index (χ2n) is 7.30. The van der Waals surface area contributed by atoms with Gasteiger partial charge in [-0.2, -0.15) is 9.97 Å². The highest BCUT2D eigenvalue weighted by atomic mass is 35.5. The molecule has 0 bridgehead atoms. The Kier molecular flexibility index (Phi) is 6.32. The van der Waals surface area contributed by atoms with E-state index < -0.39 is 0 Å². The van der Waals surface area contributed by atoms with Crippen LogP contribution >= 0.6 is 23.2 Å². The van der Waals surface area contributed by atoms with Gasteiger partial charge in [-0.3, -0.25) is 9.69 Å². The highest BCUT2D eigenvalue weighted by molar-refractivity contribution is 6.35. The standard InChI is InChI=1S/C21H22Cl2N6O/c1-14(30)13-28-7-9-29(10-8-28)21-26-19-17(3-2-6-24-19)20(27-21)25-12-15-4-5-16(22)11-18(15)23/h2-6,11H,7-10,12-13H2,1H3,(H,24,25,26,27). The number of Topliss-reactive ketones (excluding diaryl/α,β-unsaturated/α-hetero) is 1. The predicted octanol–water partition coefficient (Wildman–Crippen LogP) is 3.65. The van der Waals surface area contributed by atoms with Gasteiger partial charge in [0.1, 0.15) is 11.6 Å². The van der Waals surface area contributed by atoms with Crippen molar-refractivity contribution in [2.75, 3.05) is 42.9 Å². The average Bonchev–Trinajstić information content (AvgIpc) is 2.73. The second kappa shape index (κ2) is 9.12. The summed E-state index contributed by atoms with van der Waals surface area (Å²) in [7, 11) is 0. The minimum absolute atomic E-state index is 0.182. The minimum atomic E-state index is 0.182. The molecule has 1 N–H and O–H groups in total. The Bertz CT molecular complexity index is 1070. The average molecular weight is 445 g/mol. The van der Waals surface area contributed by atoms with E-state index in [0.717, 1.165) is 37.1 Å². The molecule has 1 aromatic carbocycles. The van der Waals surface area contributed by atoms with E-state index in [1.165, 1.54) is 0 Å². The Hall–Kier alpha value is -2.48. The molecule has 0 spiro atoms. The van der Waals surface area contributed by atoms with Crippen molar-refractivity contribution in [3.05, 3.63) is 52.1 Å². The summed E-state index contributed by atoms with van der Waals surface area (Å²) in [4.78, 5) is 29.5. The van der Waals surface area contributed by atoms with Crippen LogP contribution in [0.5, 0.6) is 0 Å². The fourth-order valence-corrected chi connectivity index (χ4v) is 3.97. The Morgan fingerprint density at radius 2 is 1.93 bits per heavy atom. The third-order valence-corrected chi connectivity index (χ3v) is 5.61. The third-order valence-electron chi connectivity index (χ3n) is 5.02. The number of ketones is 1. The molecular formula is C21H22Cl2N6O. The molecule has 1 aliphatic rings. The number of rotatable bonds is 6. The molecule has 0 amide bonds. The number of pyridine rings is 1. The van der Waals surface area contributed by atoms with Crippen LogP contribution in [0.1, 0.15) is 12.5 Å². The monoisotopic (exact) mass is 444 g/mol. The van der Waals surface area contributed by atoms with Crippen molar-refractivity contribution < 1.29 is 4.79 Å². The van der Waals surface area contributed by atoms with Crippen LogP contribution in [0.15, 0.2) is 36.5 Å². The lowest BCUT2D eigenvalue weighted by Crippen LogP contribution is -2.48. The molecule has 0 aliphatic carbocycles. The molecule has 1 aliphatic heterocycles. The molecule has 2 aromatic heterocycles. The number of hydrogen-bond donors (Lipinski definition) is 1. The van der Waals surface area contributed by atoms with Gasteiger partial charge in [0.2, 0.25) is 5.95 Å². The van der Waals surface area contributed by atoms with Gasteiger partial charge in [0, 0.05) is 49.0 Å². The lowest BCUT2D eigenvalue weighted by atomic mass is 10.2. The number of hydrogen-bond acceptors (Lipinski definition) is 7. The number of carbonyl (C=O) groups is 1. The molecule has 1 fully saturated rings. The summed E-state index contributed by atoms with van der Waals surface area (Å²) in [6.45, 7) is 5.72. The van der Waals surface area contributed by atoms with Crippen LogP contribution in [0, 0.1) is 0 Å². The first-order chi connectivity index (χ1) is 14.5. The predicted molar refractivity (Wildman–Crippen MR) is 120 cm³/mol. The van der Waals surface area contributed by atoms with Gasteiger partial charge >= 0.3 is 0 Å². The van der Waals surface area contributed by atoms with Crippen LogP contribution in [-0.2, 0) is 11.3 Å². The van der Waals surface area contributed by atoms with Gasteiger partial charge < -0.3 is 10.2 Å². The van der Waals surface area contributed by atoms with Crippen LogP contribution in [-0.4, -0.2) is 58.4 Å². The summed E-state index contributed by atoms with van der Waals surface area (Å²) >= 11 is 12.3. The summed E-state index contributed by atoms with van der Waals surface area (Å²) in [5.41, 5.74) is 1.56. The summed E-state index contributed by atoms with van der Waals surface area (Å²) < 4.78 is 0. The third kappa shape index (κ3) is 4.80. The van der Waals surface area contributed by atoms with E-state index in [9.17, 15) is 4.79 Å². The fraction of sp³-hybridized carbons (Fsp3) is 0.333.